The first-order valence-electron chi connectivity index (χ1n) is 5.90. The van der Waals surface area contributed by atoms with Crippen LogP contribution in [0, 0.1) is 0 Å². The Labute approximate surface area is 107 Å². The summed E-state index contributed by atoms with van der Waals surface area (Å²) in [6.07, 6.45) is 0. The van der Waals surface area contributed by atoms with Gasteiger partial charge >= 0.3 is 0 Å². The number of anilines is 1. The minimum Gasteiger partial charge on any atom is -0.322 e. The van der Waals surface area contributed by atoms with Crippen LogP contribution in [0.15, 0.2) is 60.7 Å². The van der Waals surface area contributed by atoms with Crippen LogP contribution in [0.4, 0.5) is 5.69 Å². The van der Waals surface area contributed by atoms with E-state index in [-0.39, 0.29) is 12.5 Å². The van der Waals surface area contributed by atoms with Crippen LogP contribution in [0.25, 0.3) is 0 Å². The van der Waals surface area contributed by atoms with E-state index in [1.807, 2.05) is 60.7 Å². The zero-order valence-electron chi connectivity index (χ0n) is 10.1. The van der Waals surface area contributed by atoms with Gasteiger partial charge in [-0.3, -0.25) is 4.79 Å². The van der Waals surface area contributed by atoms with Gasteiger partial charge in [0.2, 0.25) is 5.91 Å². The number of nitrogens with two attached hydrogens (primary N) is 1. The largest absolute Gasteiger partial charge is 0.322 e. The van der Waals surface area contributed by atoms with Gasteiger partial charge in [0.15, 0.2) is 0 Å². The van der Waals surface area contributed by atoms with E-state index in [4.69, 9.17) is 5.73 Å². The third kappa shape index (κ3) is 2.96. The maximum atomic E-state index is 11.9. The van der Waals surface area contributed by atoms with Gasteiger partial charge in [-0.05, 0) is 17.7 Å². The Morgan fingerprint density at radius 2 is 1.50 bits per heavy atom. The summed E-state index contributed by atoms with van der Waals surface area (Å²) in [5, 5.41) is 0. The number of hydrogen-bond donors (Lipinski definition) is 1. The van der Waals surface area contributed by atoms with Crippen molar-refractivity contribution in [1.82, 2.24) is 0 Å². The zero-order chi connectivity index (χ0) is 12.8. The van der Waals surface area contributed by atoms with Gasteiger partial charge in [0.25, 0.3) is 0 Å². The number of rotatable bonds is 4. The third-order valence-corrected chi connectivity index (χ3v) is 2.73. The summed E-state index contributed by atoms with van der Waals surface area (Å²) in [5.41, 5.74) is 7.43. The van der Waals surface area contributed by atoms with Gasteiger partial charge < -0.3 is 10.6 Å². The second-order valence-corrected chi connectivity index (χ2v) is 4.01. The number of carbonyl (C=O) groups is 1. The fourth-order valence-electron chi connectivity index (χ4n) is 1.81. The second-order valence-electron chi connectivity index (χ2n) is 4.01. The first kappa shape index (κ1) is 12.3. The van der Waals surface area contributed by atoms with E-state index in [2.05, 4.69) is 0 Å². The minimum atomic E-state index is -0.0787. The SMILES string of the molecule is NCC(=O)N(Cc1ccccc1)c1ccccc1. The Bertz CT molecular complexity index is 496. The number of benzene rings is 2. The average Bonchev–Trinajstić information content (AvgIpc) is 2.46. The van der Waals surface area contributed by atoms with Crippen molar-refractivity contribution in [2.75, 3.05) is 11.4 Å². The highest BCUT2D eigenvalue weighted by Gasteiger charge is 2.13. The van der Waals surface area contributed by atoms with Gasteiger partial charge in [-0.25, -0.2) is 0 Å². The molecule has 0 unspecified atom stereocenters. The number of carbonyl (C=O) groups excluding carboxylic acids is 1. The van der Waals surface area contributed by atoms with Crippen molar-refractivity contribution >= 4 is 11.6 Å². The molecule has 0 aliphatic rings. The van der Waals surface area contributed by atoms with Crippen molar-refractivity contribution in [3.05, 3.63) is 66.2 Å². The Balaban J connectivity index is 2.24. The molecule has 0 saturated heterocycles. The van der Waals surface area contributed by atoms with Crippen LogP contribution in [-0.4, -0.2) is 12.5 Å². The molecule has 0 atom stereocenters. The quantitative estimate of drug-likeness (QED) is 0.890. The topological polar surface area (TPSA) is 46.3 Å². The first-order valence-corrected chi connectivity index (χ1v) is 5.90. The van der Waals surface area contributed by atoms with Crippen LogP contribution in [0.1, 0.15) is 5.56 Å². The Kier molecular flexibility index (Phi) is 4.10. The second kappa shape index (κ2) is 5.98. The Hall–Kier alpha value is -2.13. The Morgan fingerprint density at radius 3 is 2.06 bits per heavy atom. The molecule has 2 aromatic rings. The lowest BCUT2D eigenvalue weighted by molar-refractivity contribution is -0.117. The average molecular weight is 240 g/mol. The lowest BCUT2D eigenvalue weighted by atomic mass is 10.2. The molecule has 1 amide bonds. The highest BCUT2D eigenvalue weighted by molar-refractivity contribution is 5.94. The van der Waals surface area contributed by atoms with E-state index in [9.17, 15) is 4.79 Å². The predicted molar refractivity (Wildman–Crippen MR) is 73.1 cm³/mol. The molecule has 0 heterocycles. The summed E-state index contributed by atoms with van der Waals surface area (Å²) in [6, 6.07) is 19.5. The molecular weight excluding hydrogens is 224 g/mol. The van der Waals surface area contributed by atoms with Crippen LogP contribution in [0.2, 0.25) is 0 Å². The molecule has 0 aromatic heterocycles. The number of hydrogen-bond acceptors (Lipinski definition) is 2. The van der Waals surface area contributed by atoms with Crippen LogP contribution < -0.4 is 10.6 Å². The molecule has 3 heteroatoms. The standard InChI is InChI=1S/C15H16N2O/c16-11-15(18)17(14-9-5-2-6-10-14)12-13-7-3-1-4-8-13/h1-10H,11-12,16H2. The molecule has 0 radical (unpaired) electrons. The molecule has 0 fully saturated rings. The minimum absolute atomic E-state index is 0.0156. The zero-order valence-corrected chi connectivity index (χ0v) is 10.1. The summed E-state index contributed by atoms with van der Waals surface area (Å²) in [4.78, 5) is 13.6. The van der Waals surface area contributed by atoms with Crippen LogP contribution in [-0.2, 0) is 11.3 Å². The summed E-state index contributed by atoms with van der Waals surface area (Å²) in [7, 11) is 0. The maximum absolute atomic E-state index is 11.9. The van der Waals surface area contributed by atoms with Crippen molar-refractivity contribution in [3.8, 4) is 0 Å². The summed E-state index contributed by atoms with van der Waals surface area (Å²) in [6.45, 7) is 0.558. The maximum Gasteiger partial charge on any atom is 0.241 e. The normalized spacial score (nSPS) is 10.1. The molecule has 0 aliphatic heterocycles. The van der Waals surface area contributed by atoms with E-state index in [0.717, 1.165) is 11.3 Å². The van der Waals surface area contributed by atoms with E-state index < -0.39 is 0 Å². The monoisotopic (exact) mass is 240 g/mol. The highest BCUT2D eigenvalue weighted by atomic mass is 16.2. The Morgan fingerprint density at radius 1 is 0.944 bits per heavy atom. The molecule has 0 aliphatic carbocycles. The summed E-state index contributed by atoms with van der Waals surface area (Å²) < 4.78 is 0. The fourth-order valence-corrected chi connectivity index (χ4v) is 1.81. The van der Waals surface area contributed by atoms with Crippen molar-refractivity contribution in [3.63, 3.8) is 0 Å². The van der Waals surface area contributed by atoms with Crippen LogP contribution in [0.5, 0.6) is 0 Å². The van der Waals surface area contributed by atoms with Crippen molar-refractivity contribution in [2.45, 2.75) is 6.54 Å². The molecule has 18 heavy (non-hydrogen) atoms. The summed E-state index contributed by atoms with van der Waals surface area (Å²) in [5.74, 6) is -0.0787. The molecule has 0 spiro atoms. The van der Waals surface area contributed by atoms with E-state index in [0.29, 0.717) is 6.54 Å². The van der Waals surface area contributed by atoms with Gasteiger partial charge in [-0.15, -0.1) is 0 Å². The third-order valence-electron chi connectivity index (χ3n) is 2.73. The van der Waals surface area contributed by atoms with E-state index in [1.165, 1.54) is 0 Å². The molecule has 0 bridgehead atoms. The lowest BCUT2D eigenvalue weighted by Gasteiger charge is -2.22. The smallest absolute Gasteiger partial charge is 0.241 e. The van der Waals surface area contributed by atoms with Gasteiger partial charge in [0.05, 0.1) is 13.1 Å². The molecule has 92 valence electrons. The van der Waals surface area contributed by atoms with Crippen LogP contribution in [0.3, 0.4) is 0 Å². The van der Waals surface area contributed by atoms with Gasteiger partial charge in [-0.2, -0.15) is 0 Å². The van der Waals surface area contributed by atoms with Crippen LogP contribution >= 0.6 is 0 Å². The lowest BCUT2D eigenvalue weighted by Crippen LogP contribution is -2.35. The van der Waals surface area contributed by atoms with Gasteiger partial charge in [-0.1, -0.05) is 48.5 Å². The van der Waals surface area contributed by atoms with Gasteiger partial charge in [0, 0.05) is 5.69 Å². The predicted octanol–water partition coefficient (Wildman–Crippen LogP) is 2.18. The first-order chi connectivity index (χ1) is 8.81. The molecule has 0 saturated carbocycles. The van der Waals surface area contributed by atoms with Crippen molar-refractivity contribution in [1.29, 1.82) is 0 Å². The van der Waals surface area contributed by atoms with E-state index in [1.54, 1.807) is 4.90 Å². The van der Waals surface area contributed by atoms with Crippen molar-refractivity contribution in [2.24, 2.45) is 5.73 Å². The number of amides is 1. The van der Waals surface area contributed by atoms with E-state index >= 15 is 0 Å². The number of nitrogens with zero attached hydrogens (tertiary/aromatic N) is 1. The number of para-hydroxylation sites is 1. The van der Waals surface area contributed by atoms with Gasteiger partial charge in [0.1, 0.15) is 0 Å². The molecule has 2 aromatic carbocycles. The highest BCUT2D eigenvalue weighted by Crippen LogP contribution is 2.16. The molecule has 3 nitrogen and oxygen atoms in total. The fraction of sp³-hybridized carbons (Fsp3) is 0.133. The molecule has 2 rings (SSSR count). The molecule has 2 N–H and O–H groups in total. The van der Waals surface area contributed by atoms with Crippen molar-refractivity contribution < 1.29 is 4.79 Å². The molecular formula is C15H16N2O. The summed E-state index contributed by atoms with van der Waals surface area (Å²) >= 11 is 0.